The molecule has 0 bridgehead atoms. The molecule has 2 heterocycles. The monoisotopic (exact) mass is 262 g/mol. The van der Waals surface area contributed by atoms with Crippen LogP contribution < -0.4 is 5.32 Å². The van der Waals surface area contributed by atoms with Crippen LogP contribution in [0.25, 0.3) is 11.6 Å². The van der Waals surface area contributed by atoms with Crippen molar-refractivity contribution in [3.05, 3.63) is 12.2 Å². The molecule has 0 saturated heterocycles. The second-order valence-corrected chi connectivity index (χ2v) is 4.85. The molecular formula is C12H18N6O. The Morgan fingerprint density at radius 3 is 3.11 bits per heavy atom. The molecule has 0 spiro atoms. The van der Waals surface area contributed by atoms with Gasteiger partial charge in [-0.15, -0.1) is 0 Å². The lowest BCUT2D eigenvalue weighted by molar-refractivity contribution is 0.265. The van der Waals surface area contributed by atoms with E-state index in [9.17, 15) is 0 Å². The summed E-state index contributed by atoms with van der Waals surface area (Å²) in [6.45, 7) is 3.09. The summed E-state index contributed by atoms with van der Waals surface area (Å²) < 4.78 is 5.42. The van der Waals surface area contributed by atoms with Gasteiger partial charge < -0.3 is 9.84 Å². The lowest BCUT2D eigenvalue weighted by Crippen LogP contribution is -2.37. The number of rotatable bonds is 4. The van der Waals surface area contributed by atoms with Crippen LogP contribution >= 0.6 is 0 Å². The molecule has 19 heavy (non-hydrogen) atoms. The second-order valence-electron chi connectivity index (χ2n) is 4.85. The van der Waals surface area contributed by atoms with E-state index in [-0.39, 0.29) is 0 Å². The zero-order valence-electron chi connectivity index (χ0n) is 11.0. The number of hydrogen-bond donors (Lipinski definition) is 2. The van der Waals surface area contributed by atoms with Gasteiger partial charge in [0.25, 0.3) is 0 Å². The van der Waals surface area contributed by atoms with E-state index in [1.807, 2.05) is 0 Å². The summed E-state index contributed by atoms with van der Waals surface area (Å²) in [7, 11) is 0. The first-order valence-corrected chi connectivity index (χ1v) is 6.81. The SMILES string of the molecule is CCNC1CCCCC1c1nc(-c2ncn[nH]2)no1. The molecule has 1 aliphatic carbocycles. The Bertz CT molecular complexity index is 506. The predicted molar refractivity (Wildman–Crippen MR) is 68.3 cm³/mol. The van der Waals surface area contributed by atoms with Crippen molar-refractivity contribution in [3.63, 3.8) is 0 Å². The molecule has 7 nitrogen and oxygen atoms in total. The minimum atomic E-state index is 0.304. The molecule has 0 aromatic carbocycles. The molecule has 7 heteroatoms. The standard InChI is InChI=1S/C12H18N6O/c1-2-13-9-6-4-3-5-8(9)12-16-11(18-19-12)10-14-7-15-17-10/h7-9,13H,2-6H2,1H3,(H,14,15,17). The molecule has 1 saturated carbocycles. The Balaban J connectivity index is 1.80. The van der Waals surface area contributed by atoms with Crippen molar-refractivity contribution in [1.82, 2.24) is 30.6 Å². The van der Waals surface area contributed by atoms with E-state index >= 15 is 0 Å². The van der Waals surface area contributed by atoms with Gasteiger partial charge in [0.2, 0.25) is 11.7 Å². The van der Waals surface area contributed by atoms with Crippen LogP contribution in [0.1, 0.15) is 44.4 Å². The summed E-state index contributed by atoms with van der Waals surface area (Å²) in [4.78, 5) is 8.49. The van der Waals surface area contributed by atoms with Crippen LogP contribution in [0.4, 0.5) is 0 Å². The molecule has 2 atom stereocenters. The fraction of sp³-hybridized carbons (Fsp3) is 0.667. The van der Waals surface area contributed by atoms with Crippen LogP contribution in [-0.2, 0) is 0 Å². The van der Waals surface area contributed by atoms with Gasteiger partial charge in [-0.1, -0.05) is 24.9 Å². The van der Waals surface area contributed by atoms with Crippen molar-refractivity contribution < 1.29 is 4.52 Å². The van der Waals surface area contributed by atoms with Crippen molar-refractivity contribution >= 4 is 0 Å². The highest BCUT2D eigenvalue weighted by molar-refractivity contribution is 5.39. The van der Waals surface area contributed by atoms with Crippen molar-refractivity contribution in [1.29, 1.82) is 0 Å². The van der Waals surface area contributed by atoms with E-state index in [0.717, 1.165) is 13.0 Å². The molecule has 2 aromatic rings. The Morgan fingerprint density at radius 2 is 2.32 bits per heavy atom. The van der Waals surface area contributed by atoms with Crippen molar-refractivity contribution in [3.8, 4) is 11.6 Å². The third-order valence-corrected chi connectivity index (χ3v) is 3.62. The van der Waals surface area contributed by atoms with Gasteiger partial charge in [-0.2, -0.15) is 10.1 Å². The smallest absolute Gasteiger partial charge is 0.239 e. The quantitative estimate of drug-likeness (QED) is 0.867. The van der Waals surface area contributed by atoms with Gasteiger partial charge >= 0.3 is 0 Å². The summed E-state index contributed by atoms with van der Waals surface area (Å²) >= 11 is 0. The molecular weight excluding hydrogens is 244 g/mol. The molecule has 0 aliphatic heterocycles. The first kappa shape index (κ1) is 12.3. The van der Waals surface area contributed by atoms with Crippen LogP contribution in [0.5, 0.6) is 0 Å². The fourth-order valence-corrected chi connectivity index (χ4v) is 2.73. The number of H-pyrrole nitrogens is 1. The molecule has 0 amide bonds. The van der Waals surface area contributed by atoms with E-state index in [1.54, 1.807) is 0 Å². The minimum absolute atomic E-state index is 0.304. The molecule has 2 unspecified atom stereocenters. The number of nitrogens with one attached hydrogen (secondary N) is 2. The van der Waals surface area contributed by atoms with E-state index in [4.69, 9.17) is 4.52 Å². The van der Waals surface area contributed by atoms with Crippen LogP contribution in [0, 0.1) is 0 Å². The Kier molecular flexibility index (Phi) is 3.54. The normalized spacial score (nSPS) is 23.6. The Morgan fingerprint density at radius 1 is 1.42 bits per heavy atom. The van der Waals surface area contributed by atoms with Gasteiger partial charge in [-0.05, 0) is 19.4 Å². The average Bonchev–Trinajstić information content (AvgIpc) is 3.11. The molecule has 3 rings (SSSR count). The number of aromatic amines is 1. The third-order valence-electron chi connectivity index (χ3n) is 3.62. The van der Waals surface area contributed by atoms with Gasteiger partial charge in [0.05, 0.1) is 5.92 Å². The summed E-state index contributed by atoms with van der Waals surface area (Å²) in [6.07, 6.45) is 6.17. The largest absolute Gasteiger partial charge is 0.338 e. The Hall–Kier alpha value is -1.76. The van der Waals surface area contributed by atoms with Crippen LogP contribution in [0.2, 0.25) is 0 Å². The minimum Gasteiger partial charge on any atom is -0.338 e. The average molecular weight is 262 g/mol. The number of aromatic nitrogens is 5. The van der Waals surface area contributed by atoms with E-state index in [1.165, 1.54) is 25.6 Å². The van der Waals surface area contributed by atoms with Crippen LogP contribution in [0.3, 0.4) is 0 Å². The maximum atomic E-state index is 5.42. The highest BCUT2D eigenvalue weighted by Gasteiger charge is 2.30. The molecule has 1 aliphatic rings. The molecule has 102 valence electrons. The predicted octanol–water partition coefficient (Wildman–Crippen LogP) is 1.49. The molecule has 1 fully saturated rings. The zero-order valence-corrected chi connectivity index (χ0v) is 11.0. The first-order chi connectivity index (χ1) is 9.38. The maximum absolute atomic E-state index is 5.42. The topological polar surface area (TPSA) is 92.5 Å². The van der Waals surface area contributed by atoms with Gasteiger partial charge in [0.1, 0.15) is 6.33 Å². The highest BCUT2D eigenvalue weighted by atomic mass is 16.5. The lowest BCUT2D eigenvalue weighted by atomic mass is 9.84. The summed E-state index contributed by atoms with van der Waals surface area (Å²) in [5, 5.41) is 14.0. The number of hydrogen-bond acceptors (Lipinski definition) is 6. The second kappa shape index (κ2) is 5.48. The summed E-state index contributed by atoms with van der Waals surface area (Å²) in [5.74, 6) is 2.04. The van der Waals surface area contributed by atoms with Gasteiger partial charge in [0.15, 0.2) is 5.82 Å². The van der Waals surface area contributed by atoms with Gasteiger partial charge in [0, 0.05) is 6.04 Å². The van der Waals surface area contributed by atoms with E-state index in [0.29, 0.717) is 29.5 Å². The van der Waals surface area contributed by atoms with E-state index in [2.05, 4.69) is 37.6 Å². The number of likely N-dealkylation sites (N-methyl/N-ethyl adjacent to an activating group) is 1. The Labute approximate surface area is 111 Å². The molecule has 2 aromatic heterocycles. The van der Waals surface area contributed by atoms with Gasteiger partial charge in [-0.3, -0.25) is 5.10 Å². The van der Waals surface area contributed by atoms with Crippen molar-refractivity contribution in [2.45, 2.75) is 44.6 Å². The van der Waals surface area contributed by atoms with E-state index < -0.39 is 0 Å². The highest BCUT2D eigenvalue weighted by Crippen LogP contribution is 2.32. The zero-order chi connectivity index (χ0) is 13.1. The molecule has 0 radical (unpaired) electrons. The van der Waals surface area contributed by atoms with Gasteiger partial charge in [-0.25, -0.2) is 4.98 Å². The van der Waals surface area contributed by atoms with Crippen LogP contribution in [-0.4, -0.2) is 37.9 Å². The van der Waals surface area contributed by atoms with Crippen molar-refractivity contribution in [2.24, 2.45) is 0 Å². The first-order valence-electron chi connectivity index (χ1n) is 6.81. The number of nitrogens with zero attached hydrogens (tertiary/aromatic N) is 4. The summed E-state index contributed by atoms with van der Waals surface area (Å²) in [5.41, 5.74) is 0. The fourth-order valence-electron chi connectivity index (χ4n) is 2.73. The summed E-state index contributed by atoms with van der Waals surface area (Å²) in [6, 6.07) is 0.432. The van der Waals surface area contributed by atoms with Crippen LogP contribution in [0.15, 0.2) is 10.9 Å². The maximum Gasteiger partial charge on any atom is 0.239 e. The van der Waals surface area contributed by atoms with Crippen molar-refractivity contribution in [2.75, 3.05) is 6.54 Å². The third kappa shape index (κ3) is 2.51. The lowest BCUT2D eigenvalue weighted by Gasteiger charge is -2.29. The molecule has 2 N–H and O–H groups in total.